The average molecular weight is 336 g/mol. The highest BCUT2D eigenvalue weighted by Crippen LogP contribution is 2.10. The van der Waals surface area contributed by atoms with Gasteiger partial charge in [-0.15, -0.1) is 0 Å². The van der Waals surface area contributed by atoms with E-state index in [0.717, 1.165) is 5.56 Å². The third-order valence-electron chi connectivity index (χ3n) is 3.33. The van der Waals surface area contributed by atoms with Crippen molar-refractivity contribution in [1.29, 1.82) is 0 Å². The van der Waals surface area contributed by atoms with Crippen molar-refractivity contribution >= 4 is 17.8 Å². The van der Waals surface area contributed by atoms with Crippen LogP contribution in [0.4, 0.5) is 0 Å². The van der Waals surface area contributed by atoms with Crippen molar-refractivity contribution < 1.29 is 23.9 Å². The normalized spacial score (nSPS) is 12.9. The first-order chi connectivity index (χ1) is 11.4. The number of esters is 1. The molecular formula is C17H24N2O5. The Hall–Kier alpha value is -2.41. The molecule has 0 aliphatic heterocycles. The number of carbonyl (C=O) groups is 3. The van der Waals surface area contributed by atoms with Crippen LogP contribution in [-0.2, 0) is 30.5 Å². The van der Waals surface area contributed by atoms with Crippen LogP contribution in [0.5, 0.6) is 0 Å². The molecule has 7 heteroatoms. The van der Waals surface area contributed by atoms with Crippen LogP contribution in [0.15, 0.2) is 30.3 Å². The molecule has 24 heavy (non-hydrogen) atoms. The molecular weight excluding hydrogens is 312 g/mol. The number of benzene rings is 1. The molecule has 0 fully saturated rings. The third kappa shape index (κ3) is 7.23. The Morgan fingerprint density at radius 2 is 1.88 bits per heavy atom. The predicted octanol–water partition coefficient (Wildman–Crippen LogP) is 0.763. The summed E-state index contributed by atoms with van der Waals surface area (Å²) in [4.78, 5) is 34.9. The Kier molecular flexibility index (Phi) is 8.49. The molecule has 2 atom stereocenters. The average Bonchev–Trinajstić information content (AvgIpc) is 2.53. The lowest BCUT2D eigenvalue weighted by Crippen LogP contribution is -2.49. The van der Waals surface area contributed by atoms with E-state index in [9.17, 15) is 14.4 Å². The quantitative estimate of drug-likeness (QED) is 0.613. The van der Waals surface area contributed by atoms with Gasteiger partial charge in [0.1, 0.15) is 12.6 Å². The highest BCUT2D eigenvalue weighted by atomic mass is 16.5. The van der Waals surface area contributed by atoms with Gasteiger partial charge in [0.2, 0.25) is 11.8 Å². The molecule has 0 radical (unpaired) electrons. The number of ether oxygens (including phenoxy) is 2. The summed E-state index contributed by atoms with van der Waals surface area (Å²) in [7, 11) is 0. The first-order valence-electron chi connectivity index (χ1n) is 7.80. The Morgan fingerprint density at radius 1 is 1.21 bits per heavy atom. The van der Waals surface area contributed by atoms with Gasteiger partial charge in [0.05, 0.1) is 19.6 Å². The van der Waals surface area contributed by atoms with Crippen molar-refractivity contribution in [2.45, 2.75) is 32.9 Å². The van der Waals surface area contributed by atoms with Gasteiger partial charge >= 0.3 is 5.97 Å². The van der Waals surface area contributed by atoms with Crippen LogP contribution in [0, 0.1) is 5.92 Å². The monoisotopic (exact) mass is 336 g/mol. The Bertz CT molecular complexity index is 547. The molecule has 0 saturated heterocycles. The summed E-state index contributed by atoms with van der Waals surface area (Å²) in [6.45, 7) is 3.68. The second-order valence-corrected chi connectivity index (χ2v) is 5.41. The maximum Gasteiger partial charge on any atom is 0.306 e. The molecule has 3 N–H and O–H groups in total. The molecule has 0 spiro atoms. The summed E-state index contributed by atoms with van der Waals surface area (Å²) in [5.74, 6) is -2.08. The lowest BCUT2D eigenvalue weighted by atomic mass is 9.97. The van der Waals surface area contributed by atoms with Gasteiger partial charge in [0.25, 0.3) is 0 Å². The zero-order chi connectivity index (χ0) is 17.9. The summed E-state index contributed by atoms with van der Waals surface area (Å²) in [6, 6.07) is 8.44. The highest BCUT2D eigenvalue weighted by Gasteiger charge is 2.27. The topological polar surface area (TPSA) is 108 Å². The largest absolute Gasteiger partial charge is 0.466 e. The van der Waals surface area contributed by atoms with E-state index in [1.165, 1.54) is 0 Å². The van der Waals surface area contributed by atoms with Gasteiger partial charge < -0.3 is 20.5 Å². The van der Waals surface area contributed by atoms with Crippen molar-refractivity contribution in [2.75, 3.05) is 13.2 Å². The van der Waals surface area contributed by atoms with E-state index >= 15 is 0 Å². The van der Waals surface area contributed by atoms with Gasteiger partial charge in [-0.25, -0.2) is 0 Å². The molecule has 0 aliphatic rings. The van der Waals surface area contributed by atoms with Crippen molar-refractivity contribution in [3.8, 4) is 0 Å². The molecule has 2 amide bonds. The Balaban J connectivity index is 2.44. The molecule has 132 valence electrons. The Labute approximate surface area is 141 Å². The fourth-order valence-corrected chi connectivity index (χ4v) is 2.15. The van der Waals surface area contributed by atoms with E-state index < -0.39 is 29.7 Å². The summed E-state index contributed by atoms with van der Waals surface area (Å²) in [5.41, 5.74) is 6.25. The molecule has 0 bridgehead atoms. The van der Waals surface area contributed by atoms with Crippen LogP contribution in [0.25, 0.3) is 0 Å². The van der Waals surface area contributed by atoms with Gasteiger partial charge in [0.15, 0.2) is 0 Å². The zero-order valence-electron chi connectivity index (χ0n) is 14.0. The molecule has 0 unspecified atom stereocenters. The SMILES string of the molecule is CCOC(=O)C[C@@H](C)[C@@H](NC(=O)COCc1ccccc1)C(N)=O. The van der Waals surface area contributed by atoms with Gasteiger partial charge in [-0.2, -0.15) is 0 Å². The standard InChI is InChI=1S/C17H24N2O5/c1-3-24-15(21)9-12(2)16(17(18)22)19-14(20)11-23-10-13-7-5-4-6-8-13/h4-8,12,16H,3,9-11H2,1-2H3,(H2,18,22)(H,19,20)/t12-,16-/m1/s1. The van der Waals surface area contributed by atoms with Crippen molar-refractivity contribution in [2.24, 2.45) is 11.7 Å². The van der Waals surface area contributed by atoms with Crippen LogP contribution in [-0.4, -0.2) is 37.0 Å². The Morgan fingerprint density at radius 3 is 2.46 bits per heavy atom. The van der Waals surface area contributed by atoms with Gasteiger partial charge in [-0.1, -0.05) is 37.3 Å². The minimum atomic E-state index is -0.956. The second kappa shape index (κ2) is 10.4. The smallest absolute Gasteiger partial charge is 0.306 e. The number of nitrogens with two attached hydrogens (primary N) is 1. The number of rotatable bonds is 10. The molecule has 0 heterocycles. The number of hydrogen-bond donors (Lipinski definition) is 2. The van der Waals surface area contributed by atoms with Crippen LogP contribution < -0.4 is 11.1 Å². The first-order valence-corrected chi connectivity index (χ1v) is 7.80. The molecule has 0 aliphatic carbocycles. The summed E-state index contributed by atoms with van der Waals surface area (Å²) >= 11 is 0. The minimum Gasteiger partial charge on any atom is -0.466 e. The maximum atomic E-state index is 11.9. The number of hydrogen-bond acceptors (Lipinski definition) is 5. The van der Waals surface area contributed by atoms with Crippen molar-refractivity contribution in [3.63, 3.8) is 0 Å². The molecule has 0 saturated carbocycles. The zero-order valence-corrected chi connectivity index (χ0v) is 14.0. The van der Waals surface area contributed by atoms with E-state index in [1.807, 2.05) is 30.3 Å². The van der Waals surface area contributed by atoms with E-state index in [0.29, 0.717) is 0 Å². The van der Waals surface area contributed by atoms with Crippen LogP contribution in [0.2, 0.25) is 0 Å². The van der Waals surface area contributed by atoms with Gasteiger partial charge in [-0.05, 0) is 18.4 Å². The van der Waals surface area contributed by atoms with Gasteiger partial charge in [-0.3, -0.25) is 14.4 Å². The number of nitrogens with one attached hydrogen (secondary N) is 1. The second-order valence-electron chi connectivity index (χ2n) is 5.41. The van der Waals surface area contributed by atoms with Crippen molar-refractivity contribution in [3.05, 3.63) is 35.9 Å². The first kappa shape index (κ1) is 19.6. The molecule has 1 rings (SSSR count). The predicted molar refractivity (Wildman–Crippen MR) is 87.6 cm³/mol. The number of amides is 2. The molecule has 1 aromatic carbocycles. The maximum absolute atomic E-state index is 11.9. The molecule has 1 aromatic rings. The van der Waals surface area contributed by atoms with Crippen molar-refractivity contribution in [1.82, 2.24) is 5.32 Å². The van der Waals surface area contributed by atoms with Crippen LogP contribution in [0.1, 0.15) is 25.8 Å². The highest BCUT2D eigenvalue weighted by molar-refractivity contribution is 5.87. The molecule has 0 aromatic heterocycles. The van der Waals surface area contributed by atoms with E-state index in [1.54, 1.807) is 13.8 Å². The lowest BCUT2D eigenvalue weighted by Gasteiger charge is -2.21. The number of primary amides is 1. The fourth-order valence-electron chi connectivity index (χ4n) is 2.15. The van der Waals surface area contributed by atoms with Crippen LogP contribution >= 0.6 is 0 Å². The summed E-state index contributed by atoms with van der Waals surface area (Å²) < 4.78 is 10.1. The van der Waals surface area contributed by atoms with Crippen LogP contribution in [0.3, 0.4) is 0 Å². The summed E-state index contributed by atoms with van der Waals surface area (Å²) in [5, 5.41) is 2.50. The minimum absolute atomic E-state index is 0.00734. The lowest BCUT2D eigenvalue weighted by molar-refractivity contribution is -0.145. The van der Waals surface area contributed by atoms with E-state index in [-0.39, 0.29) is 26.2 Å². The number of carbonyl (C=O) groups excluding carboxylic acids is 3. The van der Waals surface area contributed by atoms with E-state index in [2.05, 4.69) is 5.32 Å². The third-order valence-corrected chi connectivity index (χ3v) is 3.33. The van der Waals surface area contributed by atoms with E-state index in [4.69, 9.17) is 15.2 Å². The summed E-state index contributed by atoms with van der Waals surface area (Å²) in [6.07, 6.45) is -0.00734. The fraction of sp³-hybridized carbons (Fsp3) is 0.471. The molecule has 7 nitrogen and oxygen atoms in total. The van der Waals surface area contributed by atoms with Gasteiger partial charge in [0, 0.05) is 0 Å².